The Hall–Kier alpha value is -3.02. The molecule has 32 heavy (non-hydrogen) atoms. The Morgan fingerprint density at radius 2 is 1.66 bits per heavy atom. The van der Waals surface area contributed by atoms with Gasteiger partial charge in [0.25, 0.3) is 5.91 Å². The molecule has 1 saturated heterocycles. The molecule has 6 heteroatoms. The molecule has 0 bridgehead atoms. The van der Waals surface area contributed by atoms with Crippen molar-refractivity contribution in [1.29, 1.82) is 0 Å². The van der Waals surface area contributed by atoms with Gasteiger partial charge < -0.3 is 20.3 Å². The highest BCUT2D eigenvalue weighted by molar-refractivity contribution is 5.97. The van der Waals surface area contributed by atoms with E-state index in [4.69, 9.17) is 4.74 Å². The smallest absolute Gasteiger partial charge is 0.251 e. The van der Waals surface area contributed by atoms with Crippen molar-refractivity contribution in [2.45, 2.75) is 51.0 Å². The van der Waals surface area contributed by atoms with Crippen molar-refractivity contribution < 1.29 is 14.3 Å². The van der Waals surface area contributed by atoms with Gasteiger partial charge in [-0.3, -0.25) is 9.59 Å². The first-order chi connectivity index (χ1) is 15.6. The molecule has 4 rings (SSSR count). The predicted octanol–water partition coefficient (Wildman–Crippen LogP) is 4.61. The van der Waals surface area contributed by atoms with Gasteiger partial charge in [0.05, 0.1) is 7.11 Å². The lowest BCUT2D eigenvalue weighted by Crippen LogP contribution is -2.44. The third kappa shape index (κ3) is 5.61. The molecular formula is C26H33N3O3. The predicted molar refractivity (Wildman–Crippen MR) is 127 cm³/mol. The van der Waals surface area contributed by atoms with Crippen LogP contribution in [0, 0.1) is 5.92 Å². The van der Waals surface area contributed by atoms with Crippen molar-refractivity contribution in [3.8, 4) is 5.75 Å². The fourth-order valence-electron chi connectivity index (χ4n) is 4.69. The van der Waals surface area contributed by atoms with Gasteiger partial charge in [0.2, 0.25) is 5.91 Å². The second-order valence-corrected chi connectivity index (χ2v) is 8.84. The summed E-state index contributed by atoms with van der Waals surface area (Å²) >= 11 is 0. The van der Waals surface area contributed by atoms with E-state index in [0.29, 0.717) is 11.3 Å². The van der Waals surface area contributed by atoms with E-state index in [1.807, 2.05) is 24.3 Å². The molecular weight excluding hydrogens is 402 g/mol. The number of amides is 2. The number of carbonyl (C=O) groups is 2. The van der Waals surface area contributed by atoms with Gasteiger partial charge in [0, 0.05) is 42.0 Å². The maximum Gasteiger partial charge on any atom is 0.251 e. The Labute approximate surface area is 190 Å². The number of hydrogen-bond donors (Lipinski definition) is 2. The van der Waals surface area contributed by atoms with E-state index in [9.17, 15) is 9.59 Å². The lowest BCUT2D eigenvalue weighted by atomic mass is 9.88. The van der Waals surface area contributed by atoms with Crippen LogP contribution in [-0.2, 0) is 4.79 Å². The Bertz CT molecular complexity index is 914. The van der Waals surface area contributed by atoms with Crippen LogP contribution in [0.2, 0.25) is 0 Å². The normalized spacial score (nSPS) is 17.6. The summed E-state index contributed by atoms with van der Waals surface area (Å²) in [6.07, 6.45) is 7.18. The highest BCUT2D eigenvalue weighted by atomic mass is 16.5. The highest BCUT2D eigenvalue weighted by Crippen LogP contribution is 2.26. The summed E-state index contributed by atoms with van der Waals surface area (Å²) in [6, 6.07) is 15.5. The van der Waals surface area contributed by atoms with E-state index >= 15 is 0 Å². The zero-order valence-corrected chi connectivity index (χ0v) is 18.8. The van der Waals surface area contributed by atoms with Crippen LogP contribution < -0.4 is 20.3 Å². The van der Waals surface area contributed by atoms with E-state index in [-0.39, 0.29) is 23.8 Å². The molecule has 2 aromatic carbocycles. The Balaban J connectivity index is 1.28. The second-order valence-electron chi connectivity index (χ2n) is 8.84. The second kappa shape index (κ2) is 10.5. The van der Waals surface area contributed by atoms with Crippen LogP contribution >= 0.6 is 0 Å². The minimum absolute atomic E-state index is 0.0770. The van der Waals surface area contributed by atoms with Crippen molar-refractivity contribution >= 4 is 23.2 Å². The fourth-order valence-corrected chi connectivity index (χ4v) is 4.69. The Morgan fingerprint density at radius 1 is 0.938 bits per heavy atom. The molecule has 1 heterocycles. The average molecular weight is 436 g/mol. The highest BCUT2D eigenvalue weighted by Gasteiger charge is 2.23. The molecule has 170 valence electrons. The van der Waals surface area contributed by atoms with Crippen molar-refractivity contribution in [3.05, 3.63) is 54.1 Å². The summed E-state index contributed by atoms with van der Waals surface area (Å²) in [5.41, 5.74) is 2.46. The molecule has 0 aromatic heterocycles. The van der Waals surface area contributed by atoms with Gasteiger partial charge >= 0.3 is 0 Å². The van der Waals surface area contributed by atoms with E-state index in [1.165, 1.54) is 12.1 Å². The molecule has 1 aliphatic heterocycles. The van der Waals surface area contributed by atoms with Crippen molar-refractivity contribution in [2.24, 2.45) is 5.92 Å². The van der Waals surface area contributed by atoms with E-state index in [0.717, 1.165) is 57.4 Å². The topological polar surface area (TPSA) is 70.7 Å². The minimum atomic E-state index is -0.0818. The Kier molecular flexibility index (Phi) is 7.30. The molecule has 2 aromatic rings. The molecule has 2 amide bonds. The molecule has 1 aliphatic carbocycles. The molecule has 2 aliphatic rings. The first kappa shape index (κ1) is 22.2. The number of nitrogens with one attached hydrogen (secondary N) is 2. The number of anilines is 2. The minimum Gasteiger partial charge on any atom is -0.497 e. The van der Waals surface area contributed by atoms with Crippen LogP contribution in [0.25, 0.3) is 0 Å². The van der Waals surface area contributed by atoms with Crippen molar-refractivity contribution in [2.75, 3.05) is 30.4 Å². The fraction of sp³-hybridized carbons (Fsp3) is 0.462. The molecule has 0 atom stereocenters. The van der Waals surface area contributed by atoms with Gasteiger partial charge in [-0.15, -0.1) is 0 Å². The van der Waals surface area contributed by atoms with Gasteiger partial charge in [-0.1, -0.05) is 25.3 Å². The van der Waals surface area contributed by atoms with E-state index in [1.54, 1.807) is 19.2 Å². The maximum atomic E-state index is 12.8. The number of nitrogens with zero attached hydrogens (tertiary/aromatic N) is 1. The van der Waals surface area contributed by atoms with Crippen LogP contribution in [-0.4, -0.2) is 38.1 Å². The standard InChI is InChI=1S/C26H33N3O3/c1-32-24-12-10-23(11-13-24)29-16-14-21(15-17-29)27-26(31)20-8-5-9-22(18-20)28-25(30)19-6-3-2-4-7-19/h5,8-13,18-19,21H,2-4,6-7,14-17H2,1H3,(H,27,31)(H,28,30). The lowest BCUT2D eigenvalue weighted by molar-refractivity contribution is -0.120. The van der Waals surface area contributed by atoms with Crippen LogP contribution in [0.5, 0.6) is 5.75 Å². The molecule has 0 spiro atoms. The number of hydrogen-bond acceptors (Lipinski definition) is 4. The monoisotopic (exact) mass is 435 g/mol. The molecule has 1 saturated carbocycles. The van der Waals surface area contributed by atoms with Crippen LogP contribution in [0.1, 0.15) is 55.3 Å². The lowest BCUT2D eigenvalue weighted by Gasteiger charge is -2.34. The van der Waals surface area contributed by atoms with E-state index in [2.05, 4.69) is 27.7 Å². The summed E-state index contributed by atoms with van der Waals surface area (Å²) in [5.74, 6) is 0.944. The third-order valence-corrected chi connectivity index (χ3v) is 6.64. The van der Waals surface area contributed by atoms with Gasteiger partial charge in [0.15, 0.2) is 0 Å². The summed E-state index contributed by atoms with van der Waals surface area (Å²) in [5, 5.41) is 6.18. The number of benzene rings is 2. The number of ether oxygens (including phenoxy) is 1. The maximum absolute atomic E-state index is 12.8. The molecule has 0 unspecified atom stereocenters. The van der Waals surface area contributed by atoms with Crippen molar-refractivity contribution in [1.82, 2.24) is 5.32 Å². The first-order valence-corrected chi connectivity index (χ1v) is 11.7. The SMILES string of the molecule is COc1ccc(N2CCC(NC(=O)c3cccc(NC(=O)C4CCCCC4)c3)CC2)cc1. The van der Waals surface area contributed by atoms with Gasteiger partial charge in [-0.2, -0.15) is 0 Å². The van der Waals surface area contributed by atoms with Crippen molar-refractivity contribution in [3.63, 3.8) is 0 Å². The summed E-state index contributed by atoms with van der Waals surface area (Å²) < 4.78 is 5.23. The zero-order chi connectivity index (χ0) is 22.3. The summed E-state index contributed by atoms with van der Waals surface area (Å²) in [6.45, 7) is 1.80. The van der Waals surface area contributed by atoms with Crippen LogP contribution in [0.3, 0.4) is 0 Å². The van der Waals surface area contributed by atoms with E-state index < -0.39 is 0 Å². The van der Waals surface area contributed by atoms with Gasteiger partial charge in [0.1, 0.15) is 5.75 Å². The molecule has 2 N–H and O–H groups in total. The Morgan fingerprint density at radius 3 is 2.34 bits per heavy atom. The van der Waals surface area contributed by atoms with Gasteiger partial charge in [-0.05, 0) is 68.1 Å². The number of carbonyl (C=O) groups excluding carboxylic acids is 2. The summed E-state index contributed by atoms with van der Waals surface area (Å²) in [4.78, 5) is 27.7. The number of methoxy groups -OCH3 is 1. The average Bonchev–Trinajstić information content (AvgIpc) is 2.85. The molecule has 6 nitrogen and oxygen atoms in total. The number of rotatable bonds is 6. The zero-order valence-electron chi connectivity index (χ0n) is 18.8. The summed E-state index contributed by atoms with van der Waals surface area (Å²) in [7, 11) is 1.67. The van der Waals surface area contributed by atoms with Crippen LogP contribution in [0.15, 0.2) is 48.5 Å². The van der Waals surface area contributed by atoms with Crippen LogP contribution in [0.4, 0.5) is 11.4 Å². The molecule has 0 radical (unpaired) electrons. The largest absolute Gasteiger partial charge is 0.497 e. The third-order valence-electron chi connectivity index (χ3n) is 6.64. The quantitative estimate of drug-likeness (QED) is 0.695. The number of piperidine rings is 1. The first-order valence-electron chi connectivity index (χ1n) is 11.7. The van der Waals surface area contributed by atoms with Gasteiger partial charge in [-0.25, -0.2) is 0 Å². The molecule has 2 fully saturated rings.